The Kier molecular flexibility index (Phi) is 7.74. The van der Waals surface area contributed by atoms with E-state index in [1.165, 1.54) is 29.5 Å². The Balaban J connectivity index is 0.000000155. The van der Waals surface area contributed by atoms with Crippen LogP contribution in [0.5, 0.6) is 11.5 Å². The number of aliphatic hydroxyl groups is 2. The fourth-order valence-corrected chi connectivity index (χ4v) is 6.16. The maximum Gasteiger partial charge on any atom is 0.146 e. The highest BCUT2D eigenvalue weighted by molar-refractivity contribution is 5.79. The summed E-state index contributed by atoms with van der Waals surface area (Å²) in [5.74, 6) is 2.13. The predicted octanol–water partition coefficient (Wildman–Crippen LogP) is 3.28. The van der Waals surface area contributed by atoms with Gasteiger partial charge in [0.1, 0.15) is 23.7 Å². The number of piperidine rings is 1. The molecule has 0 radical (unpaired) electrons. The minimum absolute atomic E-state index is 0.00293. The molecule has 1 saturated heterocycles. The highest BCUT2D eigenvalue weighted by atomic mass is 16.5. The quantitative estimate of drug-likeness (QED) is 0.332. The van der Waals surface area contributed by atoms with Crippen LogP contribution in [0.2, 0.25) is 0 Å². The average molecular weight is 519 g/mol. The molecule has 6 rings (SSSR count). The summed E-state index contributed by atoms with van der Waals surface area (Å²) in [5, 5.41) is 22.0. The molecule has 1 aromatic heterocycles. The number of aliphatic hydroxyl groups excluding tert-OH is 2. The van der Waals surface area contributed by atoms with E-state index < -0.39 is 0 Å². The summed E-state index contributed by atoms with van der Waals surface area (Å²) < 4.78 is 11.5. The van der Waals surface area contributed by atoms with Gasteiger partial charge in [-0.05, 0) is 97.8 Å². The number of nitrogens with one attached hydrogen (secondary N) is 1. The van der Waals surface area contributed by atoms with E-state index in [4.69, 9.17) is 20.9 Å². The number of benzene rings is 2. The fraction of sp³-hybridized carbons (Fsp3) is 0.433. The predicted molar refractivity (Wildman–Crippen MR) is 150 cm³/mol. The molecule has 8 nitrogen and oxygen atoms in total. The van der Waals surface area contributed by atoms with Gasteiger partial charge in [0.2, 0.25) is 0 Å². The van der Waals surface area contributed by atoms with Gasteiger partial charge in [0.15, 0.2) is 0 Å². The lowest BCUT2D eigenvalue weighted by Gasteiger charge is -2.26. The Morgan fingerprint density at radius 1 is 0.868 bits per heavy atom. The molecular weight excluding hydrogens is 480 g/mol. The van der Waals surface area contributed by atoms with Gasteiger partial charge >= 0.3 is 0 Å². The Morgan fingerprint density at radius 2 is 1.42 bits per heavy atom. The fourth-order valence-electron chi connectivity index (χ4n) is 6.16. The van der Waals surface area contributed by atoms with E-state index in [0.717, 1.165) is 53.3 Å². The van der Waals surface area contributed by atoms with Crippen molar-refractivity contribution in [3.63, 3.8) is 0 Å². The van der Waals surface area contributed by atoms with Crippen LogP contribution in [-0.2, 0) is 12.8 Å². The third-order valence-corrected chi connectivity index (χ3v) is 7.82. The Hall–Kier alpha value is -3.33. The first-order valence-electron chi connectivity index (χ1n) is 13.4. The number of rotatable bonds is 4. The van der Waals surface area contributed by atoms with Gasteiger partial charge in [0.05, 0.1) is 24.6 Å². The molecule has 2 atom stereocenters. The maximum atomic E-state index is 9.32. The third kappa shape index (κ3) is 5.04. The van der Waals surface area contributed by atoms with Crippen molar-refractivity contribution in [1.29, 1.82) is 0 Å². The number of pyridine rings is 1. The van der Waals surface area contributed by atoms with Crippen molar-refractivity contribution in [2.75, 3.05) is 37.8 Å². The van der Waals surface area contributed by atoms with Crippen LogP contribution in [0.25, 0.3) is 11.1 Å². The van der Waals surface area contributed by atoms with E-state index in [1.54, 1.807) is 12.4 Å². The third-order valence-electron chi connectivity index (χ3n) is 7.82. The summed E-state index contributed by atoms with van der Waals surface area (Å²) in [5.41, 5.74) is 21.8. The lowest BCUT2D eigenvalue weighted by molar-refractivity contribution is 0.135. The Labute approximate surface area is 224 Å². The topological polar surface area (TPSA) is 136 Å². The molecule has 8 heteroatoms. The van der Waals surface area contributed by atoms with E-state index in [0.29, 0.717) is 23.7 Å². The standard InChI is InChI=1S/C15H22N2O2.C15H16N2O2/c2*1-9-6-13(16)15-12(7-11(8-18)19-15)14(9)10-2-4-17-5-3-10/h6,10-11,17-18H,2-5,7-8,16H2,1H3;2-6,11,18H,7-8,16H2,1H3. The van der Waals surface area contributed by atoms with Gasteiger partial charge < -0.3 is 36.5 Å². The number of nitrogens with two attached hydrogens (primary N) is 2. The SMILES string of the molecule is Cc1cc(N)c2c(c1-c1ccncc1)CC(CO)O2.Cc1cc(N)c2c(c1C1CCNCC1)CC(CO)O2. The van der Waals surface area contributed by atoms with E-state index in [9.17, 15) is 10.2 Å². The molecule has 0 amide bonds. The molecule has 0 spiro atoms. The molecule has 7 N–H and O–H groups in total. The molecule has 3 aliphatic heterocycles. The van der Waals surface area contributed by atoms with Crippen LogP contribution in [0.3, 0.4) is 0 Å². The molecule has 0 saturated carbocycles. The van der Waals surface area contributed by atoms with Gasteiger partial charge in [-0.2, -0.15) is 0 Å². The second kappa shape index (κ2) is 11.2. The minimum atomic E-state index is -0.195. The number of anilines is 2. The Morgan fingerprint density at radius 3 is 2.03 bits per heavy atom. The van der Waals surface area contributed by atoms with Crippen molar-refractivity contribution >= 4 is 11.4 Å². The molecular formula is C30H38N4O4. The van der Waals surface area contributed by atoms with E-state index in [2.05, 4.69) is 17.2 Å². The molecule has 4 heterocycles. The van der Waals surface area contributed by atoms with Gasteiger partial charge in [-0.3, -0.25) is 4.98 Å². The first-order valence-corrected chi connectivity index (χ1v) is 13.4. The Bertz CT molecular complexity index is 1290. The van der Waals surface area contributed by atoms with Gasteiger partial charge in [-0.25, -0.2) is 0 Å². The molecule has 3 aromatic rings. The van der Waals surface area contributed by atoms with E-state index in [-0.39, 0.29) is 25.4 Å². The average Bonchev–Trinajstić information content (AvgIpc) is 3.56. The molecule has 3 aliphatic rings. The molecule has 0 aliphatic carbocycles. The van der Waals surface area contributed by atoms with Crippen LogP contribution < -0.4 is 26.3 Å². The molecule has 38 heavy (non-hydrogen) atoms. The number of aromatic nitrogens is 1. The van der Waals surface area contributed by atoms with Crippen LogP contribution in [0, 0.1) is 13.8 Å². The summed E-state index contributed by atoms with van der Waals surface area (Å²) in [6.07, 6.45) is 7.04. The van der Waals surface area contributed by atoms with Crippen molar-refractivity contribution in [3.8, 4) is 22.6 Å². The zero-order chi connectivity index (χ0) is 26.8. The van der Waals surface area contributed by atoms with Crippen molar-refractivity contribution in [2.45, 2.75) is 57.7 Å². The van der Waals surface area contributed by atoms with Gasteiger partial charge in [0.25, 0.3) is 0 Å². The highest BCUT2D eigenvalue weighted by Gasteiger charge is 2.31. The van der Waals surface area contributed by atoms with Crippen LogP contribution in [0.4, 0.5) is 11.4 Å². The lowest BCUT2D eigenvalue weighted by Crippen LogP contribution is -2.27. The highest BCUT2D eigenvalue weighted by Crippen LogP contribution is 2.44. The summed E-state index contributed by atoms with van der Waals surface area (Å²) in [6.45, 7) is 6.39. The van der Waals surface area contributed by atoms with Gasteiger partial charge in [-0.15, -0.1) is 0 Å². The van der Waals surface area contributed by atoms with Crippen LogP contribution in [-0.4, -0.2) is 53.7 Å². The zero-order valence-corrected chi connectivity index (χ0v) is 22.2. The zero-order valence-electron chi connectivity index (χ0n) is 22.2. The van der Waals surface area contributed by atoms with Gasteiger partial charge in [-0.1, -0.05) is 0 Å². The van der Waals surface area contributed by atoms with E-state index in [1.807, 2.05) is 31.2 Å². The van der Waals surface area contributed by atoms with Crippen LogP contribution in [0.1, 0.15) is 46.6 Å². The van der Waals surface area contributed by atoms with Crippen molar-refractivity contribution in [3.05, 3.63) is 64.5 Å². The normalized spacial score (nSPS) is 20.1. The number of nitrogens with zero attached hydrogens (tertiary/aromatic N) is 1. The van der Waals surface area contributed by atoms with Gasteiger partial charge in [0, 0.05) is 36.4 Å². The summed E-state index contributed by atoms with van der Waals surface area (Å²) >= 11 is 0. The van der Waals surface area contributed by atoms with Crippen LogP contribution >= 0.6 is 0 Å². The minimum Gasteiger partial charge on any atom is -0.485 e. The number of nitrogen functional groups attached to an aromatic ring is 2. The second-order valence-electron chi connectivity index (χ2n) is 10.5. The first-order chi connectivity index (χ1) is 18.4. The lowest BCUT2D eigenvalue weighted by atomic mass is 9.83. The number of ether oxygens (including phenoxy) is 2. The van der Waals surface area contributed by atoms with Crippen molar-refractivity contribution in [2.24, 2.45) is 0 Å². The summed E-state index contributed by atoms with van der Waals surface area (Å²) in [6, 6.07) is 7.90. The molecule has 0 bridgehead atoms. The summed E-state index contributed by atoms with van der Waals surface area (Å²) in [4.78, 5) is 4.05. The number of fused-ring (bicyclic) bond motifs is 2. The molecule has 2 unspecified atom stereocenters. The van der Waals surface area contributed by atoms with E-state index >= 15 is 0 Å². The molecule has 1 fully saturated rings. The first kappa shape index (κ1) is 26.3. The number of hydrogen-bond donors (Lipinski definition) is 5. The summed E-state index contributed by atoms with van der Waals surface area (Å²) in [7, 11) is 0. The van der Waals surface area contributed by atoms with Crippen molar-refractivity contribution in [1.82, 2.24) is 10.3 Å². The smallest absolute Gasteiger partial charge is 0.146 e. The van der Waals surface area contributed by atoms with Crippen LogP contribution in [0.15, 0.2) is 36.7 Å². The largest absolute Gasteiger partial charge is 0.485 e. The molecule has 202 valence electrons. The number of aryl methyl sites for hydroxylation is 2. The number of hydrogen-bond acceptors (Lipinski definition) is 8. The maximum absolute atomic E-state index is 9.32. The second-order valence-corrected chi connectivity index (χ2v) is 10.5. The van der Waals surface area contributed by atoms with Crippen molar-refractivity contribution < 1.29 is 19.7 Å². The molecule has 2 aromatic carbocycles. The monoisotopic (exact) mass is 518 g/mol.